The molecule has 2 atom stereocenters. The van der Waals surface area contributed by atoms with Crippen LogP contribution >= 0.6 is 0 Å². The van der Waals surface area contributed by atoms with Gasteiger partial charge in [0.05, 0.1) is 19.0 Å². The summed E-state index contributed by atoms with van der Waals surface area (Å²) in [5.74, 6) is 0. The molecule has 3 N–H and O–H groups in total. The van der Waals surface area contributed by atoms with Crippen molar-refractivity contribution in [2.45, 2.75) is 12.5 Å². The number of hydrogen-bond acceptors (Lipinski definition) is 4. The Kier molecular flexibility index (Phi) is 2.86. The third kappa shape index (κ3) is 1.65. The number of fused-ring (bicyclic) bond motifs is 1. The Hall–Kier alpha value is -1.36. The first-order valence-electron chi connectivity index (χ1n) is 6.19. The zero-order valence-electron chi connectivity index (χ0n) is 10.1. The number of aliphatic hydroxyl groups excluding tert-OH is 1. The Labute approximate surface area is 105 Å². The van der Waals surface area contributed by atoms with Crippen molar-refractivity contribution in [2.75, 3.05) is 19.8 Å². The van der Waals surface area contributed by atoms with E-state index in [1.807, 2.05) is 24.3 Å². The molecule has 4 nitrogen and oxygen atoms in total. The van der Waals surface area contributed by atoms with E-state index in [1.165, 1.54) is 0 Å². The van der Waals surface area contributed by atoms with Crippen molar-refractivity contribution < 1.29 is 14.3 Å². The number of nitrogens with two attached hydrogens (primary N) is 1. The molecule has 2 heterocycles. The molecule has 96 valence electrons. The highest BCUT2D eigenvalue weighted by molar-refractivity contribution is 5.81. The van der Waals surface area contributed by atoms with Crippen LogP contribution in [0.25, 0.3) is 11.0 Å². The Bertz CT molecular complexity index is 543. The van der Waals surface area contributed by atoms with Gasteiger partial charge in [0.2, 0.25) is 0 Å². The van der Waals surface area contributed by atoms with E-state index in [1.54, 1.807) is 6.26 Å². The van der Waals surface area contributed by atoms with Crippen molar-refractivity contribution in [3.63, 3.8) is 0 Å². The van der Waals surface area contributed by atoms with Crippen molar-refractivity contribution in [2.24, 2.45) is 11.1 Å². The Balaban J connectivity index is 2.03. The lowest BCUT2D eigenvalue weighted by Crippen LogP contribution is -2.37. The number of furan rings is 1. The molecule has 1 fully saturated rings. The Morgan fingerprint density at radius 2 is 2.22 bits per heavy atom. The predicted molar refractivity (Wildman–Crippen MR) is 68.1 cm³/mol. The molecule has 0 spiro atoms. The minimum atomic E-state index is -0.645. The maximum Gasteiger partial charge on any atom is 0.134 e. The van der Waals surface area contributed by atoms with Gasteiger partial charge in [-0.2, -0.15) is 0 Å². The summed E-state index contributed by atoms with van der Waals surface area (Å²) in [4.78, 5) is 0. The van der Waals surface area contributed by atoms with Crippen LogP contribution in [0.3, 0.4) is 0 Å². The highest BCUT2D eigenvalue weighted by Gasteiger charge is 2.42. The van der Waals surface area contributed by atoms with Gasteiger partial charge in [0, 0.05) is 29.5 Å². The lowest BCUT2D eigenvalue weighted by Gasteiger charge is -2.30. The number of para-hydroxylation sites is 1. The molecule has 2 unspecified atom stereocenters. The molecular weight excluding hydrogens is 230 g/mol. The van der Waals surface area contributed by atoms with E-state index >= 15 is 0 Å². The fourth-order valence-electron chi connectivity index (χ4n) is 2.65. The number of rotatable bonds is 3. The summed E-state index contributed by atoms with van der Waals surface area (Å²) >= 11 is 0. The second-order valence-corrected chi connectivity index (χ2v) is 4.96. The molecular formula is C14H17NO3. The molecule has 0 radical (unpaired) electrons. The average Bonchev–Trinajstić information content (AvgIpc) is 3.05. The minimum Gasteiger partial charge on any atom is -0.464 e. The fraction of sp³-hybridized carbons (Fsp3) is 0.429. The number of ether oxygens (including phenoxy) is 1. The third-order valence-corrected chi connectivity index (χ3v) is 3.93. The van der Waals surface area contributed by atoms with Gasteiger partial charge in [-0.25, -0.2) is 0 Å². The molecule has 18 heavy (non-hydrogen) atoms. The van der Waals surface area contributed by atoms with Crippen LogP contribution in [0, 0.1) is 5.41 Å². The molecule has 0 amide bonds. The van der Waals surface area contributed by atoms with Gasteiger partial charge >= 0.3 is 0 Å². The SMILES string of the molecule is NCC1(C(O)c2coc3ccccc23)CCOC1. The van der Waals surface area contributed by atoms with Crippen LogP contribution < -0.4 is 5.73 Å². The molecule has 4 heteroatoms. The van der Waals surface area contributed by atoms with E-state index in [-0.39, 0.29) is 5.41 Å². The molecule has 1 aromatic heterocycles. The Morgan fingerprint density at radius 1 is 1.39 bits per heavy atom. The van der Waals surface area contributed by atoms with Crippen molar-refractivity contribution in [1.82, 2.24) is 0 Å². The van der Waals surface area contributed by atoms with Crippen molar-refractivity contribution in [1.29, 1.82) is 0 Å². The van der Waals surface area contributed by atoms with Crippen LogP contribution in [0.4, 0.5) is 0 Å². The zero-order valence-corrected chi connectivity index (χ0v) is 10.1. The van der Waals surface area contributed by atoms with Crippen LogP contribution in [-0.4, -0.2) is 24.9 Å². The fourth-order valence-corrected chi connectivity index (χ4v) is 2.65. The number of hydrogen-bond donors (Lipinski definition) is 2. The van der Waals surface area contributed by atoms with Gasteiger partial charge in [0.25, 0.3) is 0 Å². The van der Waals surface area contributed by atoms with Gasteiger partial charge in [-0.3, -0.25) is 0 Å². The molecule has 0 bridgehead atoms. The standard InChI is InChI=1S/C14H17NO3/c15-8-14(5-6-17-9-14)13(16)11-7-18-12-4-2-1-3-10(11)12/h1-4,7,13,16H,5-6,8-9,15H2. The van der Waals surface area contributed by atoms with Crippen molar-refractivity contribution >= 4 is 11.0 Å². The summed E-state index contributed by atoms with van der Waals surface area (Å²) < 4.78 is 10.9. The second-order valence-electron chi connectivity index (χ2n) is 4.96. The molecule has 1 saturated heterocycles. The van der Waals surface area contributed by atoms with Gasteiger partial charge in [-0.15, -0.1) is 0 Å². The summed E-state index contributed by atoms with van der Waals surface area (Å²) in [6, 6.07) is 7.71. The zero-order chi connectivity index (χ0) is 12.6. The normalized spacial score (nSPS) is 25.7. The summed E-state index contributed by atoms with van der Waals surface area (Å²) in [7, 11) is 0. The number of aliphatic hydroxyl groups is 1. The summed E-state index contributed by atoms with van der Waals surface area (Å²) in [6.07, 6.45) is 1.77. The predicted octanol–water partition coefficient (Wildman–Crippen LogP) is 1.83. The molecule has 0 saturated carbocycles. The highest BCUT2D eigenvalue weighted by Crippen LogP contribution is 2.42. The largest absolute Gasteiger partial charge is 0.464 e. The maximum absolute atomic E-state index is 10.6. The van der Waals surface area contributed by atoms with E-state index in [2.05, 4.69) is 0 Å². The van der Waals surface area contributed by atoms with E-state index in [0.29, 0.717) is 19.8 Å². The van der Waals surface area contributed by atoms with Crippen LogP contribution in [-0.2, 0) is 4.74 Å². The highest BCUT2D eigenvalue weighted by atomic mass is 16.5. The van der Waals surface area contributed by atoms with Crippen LogP contribution in [0.15, 0.2) is 34.9 Å². The van der Waals surface area contributed by atoms with Crippen LogP contribution in [0.5, 0.6) is 0 Å². The summed E-state index contributed by atoms with van der Waals surface area (Å²) in [5, 5.41) is 11.6. The van der Waals surface area contributed by atoms with Crippen LogP contribution in [0.1, 0.15) is 18.1 Å². The smallest absolute Gasteiger partial charge is 0.134 e. The van der Waals surface area contributed by atoms with E-state index < -0.39 is 6.10 Å². The number of benzene rings is 1. The van der Waals surface area contributed by atoms with Crippen molar-refractivity contribution in [3.05, 3.63) is 36.1 Å². The second kappa shape index (κ2) is 4.39. The summed E-state index contributed by atoms with van der Waals surface area (Å²) in [6.45, 7) is 1.57. The molecule has 1 aliphatic heterocycles. The molecule has 2 aromatic rings. The lowest BCUT2D eigenvalue weighted by atomic mass is 9.78. The van der Waals surface area contributed by atoms with Crippen molar-refractivity contribution in [3.8, 4) is 0 Å². The maximum atomic E-state index is 10.6. The molecule has 1 aromatic carbocycles. The first-order valence-corrected chi connectivity index (χ1v) is 6.19. The van der Waals surface area contributed by atoms with Gasteiger partial charge in [-0.05, 0) is 12.5 Å². The van der Waals surface area contributed by atoms with E-state index in [9.17, 15) is 5.11 Å². The first-order chi connectivity index (χ1) is 8.77. The quantitative estimate of drug-likeness (QED) is 0.868. The molecule has 0 aliphatic carbocycles. The van der Waals surface area contributed by atoms with Gasteiger partial charge in [0.15, 0.2) is 0 Å². The van der Waals surface area contributed by atoms with Crippen LogP contribution in [0.2, 0.25) is 0 Å². The Morgan fingerprint density at radius 3 is 2.94 bits per heavy atom. The monoisotopic (exact) mass is 247 g/mol. The summed E-state index contributed by atoms with van der Waals surface area (Å²) in [5.41, 5.74) is 7.06. The average molecular weight is 247 g/mol. The first kappa shape index (κ1) is 11.7. The third-order valence-electron chi connectivity index (χ3n) is 3.93. The van der Waals surface area contributed by atoms with Gasteiger partial charge < -0.3 is 20.0 Å². The van der Waals surface area contributed by atoms with Gasteiger partial charge in [-0.1, -0.05) is 18.2 Å². The minimum absolute atomic E-state index is 0.382. The van der Waals surface area contributed by atoms with E-state index in [0.717, 1.165) is 23.0 Å². The lowest BCUT2D eigenvalue weighted by molar-refractivity contribution is 0.0195. The molecule has 1 aliphatic rings. The molecule has 3 rings (SSSR count). The van der Waals surface area contributed by atoms with E-state index in [4.69, 9.17) is 14.9 Å². The van der Waals surface area contributed by atoms with Gasteiger partial charge in [0.1, 0.15) is 5.58 Å². The topological polar surface area (TPSA) is 68.6 Å².